The molecular formula is C18H25N5O3S. The Morgan fingerprint density at radius 2 is 2.30 bits per heavy atom. The first-order chi connectivity index (χ1) is 12.9. The zero-order valence-electron chi connectivity index (χ0n) is 16.1. The number of nitriles is 1. The van der Waals surface area contributed by atoms with E-state index in [1.165, 1.54) is 11.3 Å². The molecule has 0 aliphatic heterocycles. The second-order valence-electron chi connectivity index (χ2n) is 6.70. The van der Waals surface area contributed by atoms with E-state index in [4.69, 9.17) is 9.15 Å². The molecule has 0 unspecified atom stereocenters. The van der Waals surface area contributed by atoms with Gasteiger partial charge in [0.1, 0.15) is 5.54 Å². The number of amides is 1. The van der Waals surface area contributed by atoms with Crippen molar-refractivity contribution in [1.29, 1.82) is 5.26 Å². The third kappa shape index (κ3) is 5.85. The van der Waals surface area contributed by atoms with E-state index in [1.54, 1.807) is 14.0 Å². The van der Waals surface area contributed by atoms with Gasteiger partial charge in [-0.2, -0.15) is 5.26 Å². The van der Waals surface area contributed by atoms with E-state index in [1.807, 2.05) is 36.3 Å². The van der Waals surface area contributed by atoms with Crippen LogP contribution in [0.15, 0.2) is 21.9 Å². The van der Waals surface area contributed by atoms with Crippen LogP contribution in [0.25, 0.3) is 10.8 Å². The molecule has 0 saturated carbocycles. The number of nitrogens with one attached hydrogen (secondary N) is 1. The minimum atomic E-state index is -0.916. The Morgan fingerprint density at radius 1 is 1.52 bits per heavy atom. The number of carbonyl (C=O) groups excluding carboxylic acids is 1. The molecule has 2 aromatic heterocycles. The summed E-state index contributed by atoms with van der Waals surface area (Å²) >= 11 is 1.52. The van der Waals surface area contributed by atoms with Crippen LogP contribution in [0.2, 0.25) is 0 Å². The van der Waals surface area contributed by atoms with E-state index in [9.17, 15) is 10.1 Å². The molecule has 0 aliphatic rings. The van der Waals surface area contributed by atoms with Crippen LogP contribution >= 0.6 is 11.3 Å². The Kier molecular flexibility index (Phi) is 7.47. The third-order valence-corrected chi connectivity index (χ3v) is 5.18. The van der Waals surface area contributed by atoms with Crippen molar-refractivity contribution in [3.8, 4) is 16.8 Å². The summed E-state index contributed by atoms with van der Waals surface area (Å²) < 4.78 is 10.8. The number of thiophene rings is 1. The SMILES string of the molecule is COCCN(CC(=O)N[C@@](C)(C#N)C(C)C)Cc1nnc(-c2cccs2)o1. The van der Waals surface area contributed by atoms with Crippen molar-refractivity contribution in [1.82, 2.24) is 20.4 Å². The van der Waals surface area contributed by atoms with E-state index < -0.39 is 5.54 Å². The molecule has 0 radical (unpaired) electrons. The summed E-state index contributed by atoms with van der Waals surface area (Å²) in [7, 11) is 1.60. The number of ether oxygens (including phenoxy) is 1. The number of hydrogen-bond acceptors (Lipinski definition) is 8. The lowest BCUT2D eigenvalue weighted by Crippen LogP contribution is -2.52. The normalized spacial score (nSPS) is 13.5. The summed E-state index contributed by atoms with van der Waals surface area (Å²) in [5, 5.41) is 22.3. The minimum Gasteiger partial charge on any atom is -0.419 e. The van der Waals surface area contributed by atoms with Crippen LogP contribution in [0.1, 0.15) is 26.7 Å². The van der Waals surface area contributed by atoms with Crippen LogP contribution < -0.4 is 5.32 Å². The lowest BCUT2D eigenvalue weighted by atomic mass is 9.90. The molecule has 0 fully saturated rings. The molecule has 1 atom stereocenters. The molecule has 1 N–H and O–H groups in total. The highest BCUT2D eigenvalue weighted by molar-refractivity contribution is 7.13. The number of aromatic nitrogens is 2. The van der Waals surface area contributed by atoms with E-state index in [0.717, 1.165) is 4.88 Å². The van der Waals surface area contributed by atoms with Crippen LogP contribution in [-0.4, -0.2) is 53.3 Å². The van der Waals surface area contributed by atoms with Gasteiger partial charge >= 0.3 is 0 Å². The molecule has 0 spiro atoms. The van der Waals surface area contributed by atoms with E-state index in [2.05, 4.69) is 21.6 Å². The zero-order chi connectivity index (χ0) is 19.9. The van der Waals surface area contributed by atoms with Crippen molar-refractivity contribution in [2.24, 2.45) is 5.92 Å². The lowest BCUT2D eigenvalue weighted by Gasteiger charge is -2.29. The van der Waals surface area contributed by atoms with E-state index in [0.29, 0.717) is 31.5 Å². The number of nitrogens with zero attached hydrogens (tertiary/aromatic N) is 4. The molecule has 0 bridgehead atoms. The van der Waals surface area contributed by atoms with Gasteiger partial charge < -0.3 is 14.5 Å². The molecule has 9 heteroatoms. The molecule has 0 saturated heterocycles. The fourth-order valence-corrected chi connectivity index (χ4v) is 2.92. The molecule has 146 valence electrons. The fourth-order valence-electron chi connectivity index (χ4n) is 2.28. The van der Waals surface area contributed by atoms with Crippen LogP contribution in [-0.2, 0) is 16.1 Å². The summed E-state index contributed by atoms with van der Waals surface area (Å²) in [6, 6.07) is 6.01. The van der Waals surface area contributed by atoms with Gasteiger partial charge in [0.15, 0.2) is 0 Å². The van der Waals surface area contributed by atoms with E-state index >= 15 is 0 Å². The van der Waals surface area contributed by atoms with Gasteiger partial charge in [-0.1, -0.05) is 19.9 Å². The van der Waals surface area contributed by atoms with Gasteiger partial charge in [-0.25, -0.2) is 0 Å². The summed E-state index contributed by atoms with van der Waals surface area (Å²) in [5.74, 6) is 0.646. The Hall–Kier alpha value is -2.28. The van der Waals surface area contributed by atoms with Crippen molar-refractivity contribution in [3.63, 3.8) is 0 Å². The zero-order valence-corrected chi connectivity index (χ0v) is 16.9. The van der Waals surface area contributed by atoms with Crippen LogP contribution in [0.4, 0.5) is 0 Å². The maximum absolute atomic E-state index is 12.5. The largest absolute Gasteiger partial charge is 0.419 e. The van der Waals surface area contributed by atoms with Crippen LogP contribution in [0.3, 0.4) is 0 Å². The third-order valence-electron chi connectivity index (χ3n) is 4.32. The van der Waals surface area contributed by atoms with Crippen molar-refractivity contribution < 1.29 is 13.9 Å². The Balaban J connectivity index is 2.02. The molecule has 2 heterocycles. The predicted octanol–water partition coefficient (Wildman–Crippen LogP) is 2.30. The number of carbonyl (C=O) groups is 1. The predicted molar refractivity (Wildman–Crippen MR) is 102 cm³/mol. The summed E-state index contributed by atoms with van der Waals surface area (Å²) in [6.07, 6.45) is 0. The quantitative estimate of drug-likeness (QED) is 0.662. The molecule has 2 aromatic rings. The first-order valence-electron chi connectivity index (χ1n) is 8.67. The van der Waals surface area contributed by atoms with Gasteiger partial charge in [0.25, 0.3) is 5.89 Å². The van der Waals surface area contributed by atoms with Gasteiger partial charge in [0.05, 0.1) is 30.6 Å². The number of hydrogen-bond donors (Lipinski definition) is 1. The highest BCUT2D eigenvalue weighted by Gasteiger charge is 2.30. The second kappa shape index (κ2) is 9.60. The maximum Gasteiger partial charge on any atom is 0.257 e. The van der Waals surface area contributed by atoms with Crippen molar-refractivity contribution >= 4 is 17.2 Å². The minimum absolute atomic E-state index is 0.0110. The standard InChI is InChI=1S/C18H25N5O3S/c1-13(2)18(3,12-19)20-15(24)10-23(7-8-25-4)11-16-21-22-17(26-16)14-6-5-9-27-14/h5-6,9,13H,7-8,10-11H2,1-4H3,(H,20,24)/t18-/m0/s1. The topological polar surface area (TPSA) is 104 Å². The number of methoxy groups -OCH3 is 1. The fraction of sp³-hybridized carbons (Fsp3) is 0.556. The first-order valence-corrected chi connectivity index (χ1v) is 9.55. The molecule has 27 heavy (non-hydrogen) atoms. The maximum atomic E-state index is 12.5. The van der Waals surface area contributed by atoms with Gasteiger partial charge in [-0.15, -0.1) is 21.5 Å². The van der Waals surface area contributed by atoms with Gasteiger partial charge in [0.2, 0.25) is 11.8 Å². The first kappa shape index (κ1) is 21.0. The molecule has 8 nitrogen and oxygen atoms in total. The Morgan fingerprint density at radius 3 is 2.89 bits per heavy atom. The van der Waals surface area contributed by atoms with Crippen molar-refractivity contribution in [3.05, 3.63) is 23.4 Å². The Bertz CT molecular complexity index is 768. The monoisotopic (exact) mass is 391 g/mol. The highest BCUT2D eigenvalue weighted by atomic mass is 32.1. The average Bonchev–Trinajstić information content (AvgIpc) is 3.30. The summed E-state index contributed by atoms with van der Waals surface area (Å²) in [6.45, 7) is 6.92. The van der Waals surface area contributed by atoms with Gasteiger partial charge in [-0.3, -0.25) is 9.69 Å². The smallest absolute Gasteiger partial charge is 0.257 e. The van der Waals surface area contributed by atoms with Crippen LogP contribution in [0.5, 0.6) is 0 Å². The second-order valence-corrected chi connectivity index (χ2v) is 7.65. The summed E-state index contributed by atoms with van der Waals surface area (Å²) in [5.41, 5.74) is -0.916. The highest BCUT2D eigenvalue weighted by Crippen LogP contribution is 2.23. The van der Waals surface area contributed by atoms with E-state index in [-0.39, 0.29) is 18.4 Å². The molecule has 0 aliphatic carbocycles. The molecular weight excluding hydrogens is 366 g/mol. The lowest BCUT2D eigenvalue weighted by molar-refractivity contribution is -0.124. The number of rotatable bonds is 10. The van der Waals surface area contributed by atoms with Crippen molar-refractivity contribution in [2.45, 2.75) is 32.9 Å². The van der Waals surface area contributed by atoms with Crippen LogP contribution in [0, 0.1) is 17.2 Å². The average molecular weight is 391 g/mol. The Labute approximate surface area is 163 Å². The van der Waals surface area contributed by atoms with Gasteiger partial charge in [-0.05, 0) is 24.3 Å². The van der Waals surface area contributed by atoms with Crippen molar-refractivity contribution in [2.75, 3.05) is 26.8 Å². The summed E-state index contributed by atoms with van der Waals surface area (Å²) in [4.78, 5) is 15.2. The molecule has 2 rings (SSSR count). The molecule has 0 aromatic carbocycles. The van der Waals surface area contributed by atoms with Gasteiger partial charge in [0, 0.05) is 13.7 Å². The molecule has 1 amide bonds.